The van der Waals surface area contributed by atoms with E-state index < -0.39 is 136 Å². The number of aliphatic carboxylic acids is 1. The molecule has 0 saturated carbocycles. The molecule has 1 amide bonds. The second-order valence-electron chi connectivity index (χ2n) is 13.1. The molecule has 0 aromatic heterocycles. The molecule has 0 spiro atoms. The van der Waals surface area contributed by atoms with Crippen LogP contribution in [0, 0.1) is 0 Å². The van der Waals surface area contributed by atoms with E-state index >= 15 is 0 Å². The van der Waals surface area contributed by atoms with E-state index in [0.29, 0.717) is 6.42 Å². The first-order chi connectivity index (χ1) is 24.2. The summed E-state index contributed by atoms with van der Waals surface area (Å²) < 4.78 is 33.7. The van der Waals surface area contributed by atoms with Crippen molar-refractivity contribution in [1.29, 1.82) is 0 Å². The maximum Gasteiger partial charge on any atom is 0.364 e. The van der Waals surface area contributed by atoms with Gasteiger partial charge in [0.1, 0.15) is 67.1 Å². The molecule has 51 heavy (non-hydrogen) atoms. The van der Waals surface area contributed by atoms with Gasteiger partial charge in [-0.15, -0.1) is 0 Å². The summed E-state index contributed by atoms with van der Waals surface area (Å²) in [5, 5.41) is 118. The number of aliphatic hydroxyl groups is 10. The molecule has 3 fully saturated rings. The van der Waals surface area contributed by atoms with E-state index in [9.17, 15) is 65.8 Å². The zero-order chi connectivity index (χ0) is 38.0. The zero-order valence-corrected chi connectivity index (χ0v) is 28.6. The normalized spacial score (nSPS) is 40.0. The average molecular weight is 746 g/mol. The fourth-order valence-electron chi connectivity index (χ4n) is 6.37. The highest BCUT2D eigenvalue weighted by atomic mass is 16.8. The van der Waals surface area contributed by atoms with Gasteiger partial charge < -0.3 is 89.9 Å². The van der Waals surface area contributed by atoms with Gasteiger partial charge in [0.2, 0.25) is 5.91 Å². The Labute approximate surface area is 294 Å². The lowest BCUT2D eigenvalue weighted by Crippen LogP contribution is -2.70. The average Bonchev–Trinajstić information content (AvgIpc) is 3.10. The van der Waals surface area contributed by atoms with Gasteiger partial charge in [0, 0.05) is 20.0 Å². The molecule has 20 nitrogen and oxygen atoms in total. The van der Waals surface area contributed by atoms with Crippen molar-refractivity contribution in [3.63, 3.8) is 0 Å². The molecule has 0 bridgehead atoms. The number of hydrogen-bond donors (Lipinski definition) is 12. The number of carbonyl (C=O) groups excluding carboxylic acids is 1. The summed E-state index contributed by atoms with van der Waals surface area (Å²) in [5.41, 5.74) is 0. The Morgan fingerprint density at radius 1 is 0.843 bits per heavy atom. The van der Waals surface area contributed by atoms with Gasteiger partial charge in [-0.25, -0.2) is 4.79 Å². The van der Waals surface area contributed by atoms with Gasteiger partial charge in [0.05, 0.1) is 32.0 Å². The highest BCUT2D eigenvalue weighted by Crippen LogP contribution is 2.38. The summed E-state index contributed by atoms with van der Waals surface area (Å²) in [5.74, 6) is -5.70. The molecule has 0 aliphatic carbocycles. The first-order valence-corrected chi connectivity index (χ1v) is 17.2. The van der Waals surface area contributed by atoms with Crippen LogP contribution in [0.3, 0.4) is 0 Å². The number of hydrogen-bond acceptors (Lipinski definition) is 18. The highest BCUT2D eigenvalue weighted by molar-refractivity contribution is 5.76. The molecule has 298 valence electrons. The van der Waals surface area contributed by atoms with Gasteiger partial charge in [0.15, 0.2) is 12.6 Å². The van der Waals surface area contributed by atoms with Gasteiger partial charge >= 0.3 is 5.97 Å². The van der Waals surface area contributed by atoms with Crippen LogP contribution in [0.5, 0.6) is 0 Å². The third-order valence-corrected chi connectivity index (χ3v) is 9.23. The number of rotatable bonds is 19. The highest BCUT2D eigenvalue weighted by Gasteiger charge is 2.60. The predicted molar refractivity (Wildman–Crippen MR) is 167 cm³/mol. The lowest BCUT2D eigenvalue weighted by atomic mass is 9.88. The summed E-state index contributed by atoms with van der Waals surface area (Å²) in [7, 11) is 0. The molecule has 16 atom stereocenters. The van der Waals surface area contributed by atoms with E-state index in [1.54, 1.807) is 0 Å². The van der Waals surface area contributed by atoms with Gasteiger partial charge in [-0.05, 0) is 6.42 Å². The molecule has 0 aromatic carbocycles. The van der Waals surface area contributed by atoms with Crippen LogP contribution >= 0.6 is 0 Å². The quantitative estimate of drug-likeness (QED) is 0.0552. The number of unbranched alkanes of at least 4 members (excludes halogenated alkanes) is 5. The molecule has 0 radical (unpaired) electrons. The Hall–Kier alpha value is -1.70. The number of amides is 1. The van der Waals surface area contributed by atoms with Crippen molar-refractivity contribution < 1.29 is 94.2 Å². The van der Waals surface area contributed by atoms with Crippen LogP contribution in [-0.2, 0) is 38.0 Å². The van der Waals surface area contributed by atoms with Crippen molar-refractivity contribution in [3.05, 3.63) is 0 Å². The minimum Gasteiger partial charge on any atom is -0.477 e. The maximum absolute atomic E-state index is 12.7. The van der Waals surface area contributed by atoms with E-state index in [1.807, 2.05) is 0 Å². The standard InChI is InChI=1S/C31H55NO19/c1-3-4-5-6-7-8-9-46-28-23(42)22(41)25(18(13-35)48-28)49-29-24(43)27(21(40)17(12-34)47-29)51-31(30(44)45)10-15(37)19(32-14(2)36)26(50-31)20(39)16(38)11-33/h15-29,33-35,37-43H,3-13H2,1-2H3,(H,32,36)(H,44,45)/t15-,16+,17+,18+,19+,20+,21-,22+,23+,24+,25+,26+,27-,28+,29-,31-/m0/s1. The van der Waals surface area contributed by atoms with E-state index in [0.717, 1.165) is 39.0 Å². The van der Waals surface area contributed by atoms with E-state index in [2.05, 4.69) is 12.2 Å². The fraction of sp³-hybridized carbons (Fsp3) is 0.935. The zero-order valence-electron chi connectivity index (χ0n) is 28.6. The number of ether oxygens (including phenoxy) is 6. The number of carboxylic acid groups (broad SMARTS) is 1. The van der Waals surface area contributed by atoms with Crippen LogP contribution in [0.25, 0.3) is 0 Å². The van der Waals surface area contributed by atoms with Crippen LogP contribution < -0.4 is 5.32 Å². The summed E-state index contributed by atoms with van der Waals surface area (Å²) in [4.78, 5) is 24.5. The molecule has 3 rings (SSSR count). The van der Waals surface area contributed by atoms with Gasteiger partial charge in [-0.2, -0.15) is 0 Å². The summed E-state index contributed by atoms with van der Waals surface area (Å²) in [6.07, 6.45) is -20.7. The van der Waals surface area contributed by atoms with Gasteiger partial charge in [-0.3, -0.25) is 4.79 Å². The van der Waals surface area contributed by atoms with E-state index in [1.165, 1.54) is 0 Å². The monoisotopic (exact) mass is 745 g/mol. The Morgan fingerprint density at radius 3 is 2.06 bits per heavy atom. The van der Waals surface area contributed by atoms with Crippen LogP contribution in [-0.4, -0.2) is 192 Å². The van der Waals surface area contributed by atoms with Crippen molar-refractivity contribution in [2.75, 3.05) is 26.4 Å². The largest absolute Gasteiger partial charge is 0.477 e. The van der Waals surface area contributed by atoms with Gasteiger partial charge in [-0.1, -0.05) is 39.0 Å². The third kappa shape index (κ3) is 10.7. The molecule has 3 heterocycles. The van der Waals surface area contributed by atoms with E-state index in [4.69, 9.17) is 28.4 Å². The van der Waals surface area contributed by atoms with Crippen LogP contribution in [0.2, 0.25) is 0 Å². The number of carbonyl (C=O) groups is 2. The SMILES string of the molecule is CCCCCCCCO[C@@H]1O[C@H](CO)[C@@H](O[C@@H]2O[C@H](CO)[C@H](O)[C@H](O[C@]3(C(=O)O)C[C@H](O)[C@@H](NC(C)=O)[C@H]([C@H](O)[C@H](O)CO)O3)[C@H]2O)[C@H](O)[C@H]1O. The molecule has 20 heteroatoms. The first kappa shape index (κ1) is 43.7. The Balaban J connectivity index is 1.81. The Kier molecular flexibility index (Phi) is 17.2. The number of nitrogens with one attached hydrogen (secondary N) is 1. The summed E-state index contributed by atoms with van der Waals surface area (Å²) in [6.45, 7) is 0.585. The Bertz CT molecular complexity index is 1070. The lowest BCUT2D eigenvalue weighted by Gasteiger charge is -2.50. The number of carboxylic acids is 1. The van der Waals surface area contributed by atoms with Crippen molar-refractivity contribution in [2.45, 2.75) is 156 Å². The maximum atomic E-state index is 12.7. The molecular formula is C31H55NO19. The number of aliphatic hydroxyl groups excluding tert-OH is 10. The second kappa shape index (κ2) is 20.1. The smallest absolute Gasteiger partial charge is 0.364 e. The summed E-state index contributed by atoms with van der Waals surface area (Å²) >= 11 is 0. The van der Waals surface area contributed by atoms with Crippen LogP contribution in [0.15, 0.2) is 0 Å². The topological polar surface area (TPSA) is 324 Å². The van der Waals surface area contributed by atoms with Crippen LogP contribution in [0.1, 0.15) is 58.8 Å². The minimum absolute atomic E-state index is 0.189. The Morgan fingerprint density at radius 2 is 1.47 bits per heavy atom. The molecule has 3 aliphatic rings. The van der Waals surface area contributed by atoms with Crippen LogP contribution in [0.4, 0.5) is 0 Å². The summed E-state index contributed by atoms with van der Waals surface area (Å²) in [6, 6.07) is -1.53. The molecule has 3 saturated heterocycles. The fourth-order valence-corrected chi connectivity index (χ4v) is 6.37. The predicted octanol–water partition coefficient (Wildman–Crippen LogP) is -4.84. The third-order valence-electron chi connectivity index (χ3n) is 9.23. The molecule has 12 N–H and O–H groups in total. The molecule has 0 unspecified atom stereocenters. The van der Waals surface area contributed by atoms with Crippen molar-refractivity contribution in [2.24, 2.45) is 0 Å². The van der Waals surface area contributed by atoms with Crippen molar-refractivity contribution in [1.82, 2.24) is 5.32 Å². The molecular weight excluding hydrogens is 690 g/mol. The minimum atomic E-state index is -3.01. The first-order valence-electron chi connectivity index (χ1n) is 17.2. The lowest BCUT2D eigenvalue weighted by molar-refractivity contribution is -0.386. The van der Waals surface area contributed by atoms with Crippen molar-refractivity contribution >= 4 is 11.9 Å². The van der Waals surface area contributed by atoms with Gasteiger partial charge in [0.25, 0.3) is 5.79 Å². The van der Waals surface area contributed by atoms with E-state index in [-0.39, 0.29) is 6.61 Å². The molecule has 0 aromatic rings. The second-order valence-corrected chi connectivity index (χ2v) is 13.1. The van der Waals surface area contributed by atoms with Crippen molar-refractivity contribution in [3.8, 4) is 0 Å². The molecule has 3 aliphatic heterocycles.